The van der Waals surface area contributed by atoms with Gasteiger partial charge in [0.25, 0.3) is 0 Å². The van der Waals surface area contributed by atoms with Crippen LogP contribution in [0, 0.1) is 37.9 Å². The molecule has 0 aliphatic rings. The standard InChI is InChI=1S/C18H19FN2/c1-12-6-15(9-20)4-5-17(12)11-21-10-16-7-13(2)18(19)14(3)8-16/h4-8,21H,10-11H2,1-3H3. The maximum Gasteiger partial charge on any atom is 0.129 e. The van der Waals surface area contributed by atoms with Gasteiger partial charge in [-0.1, -0.05) is 18.2 Å². The summed E-state index contributed by atoms with van der Waals surface area (Å²) < 4.78 is 13.6. The first-order valence-corrected chi connectivity index (χ1v) is 6.97. The minimum atomic E-state index is -0.123. The van der Waals surface area contributed by atoms with Gasteiger partial charge in [0, 0.05) is 13.1 Å². The van der Waals surface area contributed by atoms with Gasteiger partial charge in [0.05, 0.1) is 11.6 Å². The zero-order valence-corrected chi connectivity index (χ0v) is 12.6. The van der Waals surface area contributed by atoms with Crippen LogP contribution in [0.4, 0.5) is 4.39 Å². The van der Waals surface area contributed by atoms with Crippen molar-refractivity contribution >= 4 is 0 Å². The van der Waals surface area contributed by atoms with E-state index < -0.39 is 0 Å². The highest BCUT2D eigenvalue weighted by Gasteiger charge is 2.05. The van der Waals surface area contributed by atoms with Crippen LogP contribution in [0.2, 0.25) is 0 Å². The van der Waals surface area contributed by atoms with Gasteiger partial charge in [0.1, 0.15) is 5.82 Å². The predicted octanol–water partition coefficient (Wildman–Crippen LogP) is 3.91. The number of nitrogens with one attached hydrogen (secondary N) is 1. The Labute approximate surface area is 125 Å². The topological polar surface area (TPSA) is 35.8 Å². The van der Waals surface area contributed by atoms with Crippen LogP contribution < -0.4 is 5.32 Å². The van der Waals surface area contributed by atoms with Crippen molar-refractivity contribution < 1.29 is 4.39 Å². The summed E-state index contributed by atoms with van der Waals surface area (Å²) in [5, 5.41) is 12.2. The van der Waals surface area contributed by atoms with Crippen LogP contribution in [0.25, 0.3) is 0 Å². The summed E-state index contributed by atoms with van der Waals surface area (Å²) in [5.74, 6) is -0.123. The monoisotopic (exact) mass is 282 g/mol. The Hall–Kier alpha value is -2.18. The smallest absolute Gasteiger partial charge is 0.129 e. The van der Waals surface area contributed by atoms with E-state index >= 15 is 0 Å². The fourth-order valence-corrected chi connectivity index (χ4v) is 2.44. The van der Waals surface area contributed by atoms with Gasteiger partial charge in [-0.2, -0.15) is 5.26 Å². The Morgan fingerprint density at radius 1 is 1.00 bits per heavy atom. The van der Waals surface area contributed by atoms with E-state index in [1.54, 1.807) is 13.8 Å². The molecule has 2 aromatic rings. The number of benzene rings is 2. The fourth-order valence-electron chi connectivity index (χ4n) is 2.44. The molecule has 0 amide bonds. The number of halogens is 1. The van der Waals surface area contributed by atoms with Gasteiger partial charge in [-0.15, -0.1) is 0 Å². The fraction of sp³-hybridized carbons (Fsp3) is 0.278. The molecule has 2 nitrogen and oxygen atoms in total. The first-order valence-electron chi connectivity index (χ1n) is 6.97. The van der Waals surface area contributed by atoms with Crippen LogP contribution in [0.1, 0.15) is 33.4 Å². The van der Waals surface area contributed by atoms with Crippen molar-refractivity contribution in [3.05, 3.63) is 69.5 Å². The van der Waals surface area contributed by atoms with Crippen LogP contribution >= 0.6 is 0 Å². The van der Waals surface area contributed by atoms with Crippen LogP contribution in [-0.2, 0) is 13.1 Å². The zero-order chi connectivity index (χ0) is 15.4. The highest BCUT2D eigenvalue weighted by molar-refractivity contribution is 5.37. The highest BCUT2D eigenvalue weighted by atomic mass is 19.1. The van der Waals surface area contributed by atoms with Crippen LogP contribution in [-0.4, -0.2) is 0 Å². The molecule has 0 bridgehead atoms. The molecule has 1 N–H and O–H groups in total. The number of hydrogen-bond acceptors (Lipinski definition) is 2. The minimum absolute atomic E-state index is 0.123. The quantitative estimate of drug-likeness (QED) is 0.922. The molecular formula is C18H19FN2. The minimum Gasteiger partial charge on any atom is -0.309 e. The molecule has 2 rings (SSSR count). The van der Waals surface area contributed by atoms with Gasteiger partial charge in [0.2, 0.25) is 0 Å². The van der Waals surface area contributed by atoms with Crippen LogP contribution in [0.3, 0.4) is 0 Å². The summed E-state index contributed by atoms with van der Waals surface area (Å²) in [6.07, 6.45) is 0. The van der Waals surface area contributed by atoms with E-state index in [0.29, 0.717) is 23.2 Å². The van der Waals surface area contributed by atoms with Crippen molar-refractivity contribution in [2.24, 2.45) is 0 Å². The first-order chi connectivity index (χ1) is 10.0. The molecule has 0 aromatic heterocycles. The predicted molar refractivity (Wildman–Crippen MR) is 82.3 cm³/mol. The summed E-state index contributed by atoms with van der Waals surface area (Å²) in [6, 6.07) is 11.6. The Morgan fingerprint density at radius 3 is 2.24 bits per heavy atom. The molecule has 0 saturated carbocycles. The summed E-state index contributed by atoms with van der Waals surface area (Å²) in [6.45, 7) is 7.01. The molecule has 0 spiro atoms. The van der Waals surface area contributed by atoms with Gasteiger partial charge >= 0.3 is 0 Å². The molecule has 0 unspecified atom stereocenters. The van der Waals surface area contributed by atoms with Gasteiger partial charge in [-0.05, 0) is 60.7 Å². The number of nitriles is 1. The molecule has 0 atom stereocenters. The third-order valence-electron chi connectivity index (χ3n) is 3.61. The number of nitrogens with zero attached hydrogens (tertiary/aromatic N) is 1. The highest BCUT2D eigenvalue weighted by Crippen LogP contribution is 2.15. The van der Waals surface area contributed by atoms with Crippen molar-refractivity contribution in [2.45, 2.75) is 33.9 Å². The molecule has 21 heavy (non-hydrogen) atoms. The molecule has 2 aromatic carbocycles. The maximum atomic E-state index is 13.6. The maximum absolute atomic E-state index is 13.6. The van der Waals surface area contributed by atoms with Crippen molar-refractivity contribution in [3.8, 4) is 6.07 Å². The van der Waals surface area contributed by atoms with E-state index in [0.717, 1.165) is 17.7 Å². The third kappa shape index (κ3) is 3.68. The number of hydrogen-bond donors (Lipinski definition) is 1. The Bertz CT molecular complexity index is 676. The van der Waals surface area contributed by atoms with Gasteiger partial charge in [-0.3, -0.25) is 0 Å². The van der Waals surface area contributed by atoms with Crippen molar-refractivity contribution in [2.75, 3.05) is 0 Å². The number of aryl methyl sites for hydroxylation is 3. The molecule has 0 radical (unpaired) electrons. The summed E-state index contributed by atoms with van der Waals surface area (Å²) in [5.41, 5.74) is 5.40. The van der Waals surface area contributed by atoms with Crippen molar-refractivity contribution in [1.29, 1.82) is 5.26 Å². The van der Waals surface area contributed by atoms with E-state index in [1.807, 2.05) is 37.3 Å². The van der Waals surface area contributed by atoms with Crippen molar-refractivity contribution in [3.63, 3.8) is 0 Å². The Kier molecular flexibility index (Phi) is 4.72. The van der Waals surface area contributed by atoms with E-state index in [2.05, 4.69) is 11.4 Å². The van der Waals surface area contributed by atoms with Crippen molar-refractivity contribution in [1.82, 2.24) is 5.32 Å². The summed E-state index contributed by atoms with van der Waals surface area (Å²) >= 11 is 0. The molecule has 3 heteroatoms. The normalized spacial score (nSPS) is 10.4. The van der Waals surface area contributed by atoms with Gasteiger partial charge in [-0.25, -0.2) is 4.39 Å². The molecule has 0 aliphatic heterocycles. The van der Waals surface area contributed by atoms with E-state index in [1.165, 1.54) is 5.56 Å². The van der Waals surface area contributed by atoms with Crippen LogP contribution in [0.15, 0.2) is 30.3 Å². The zero-order valence-electron chi connectivity index (χ0n) is 12.6. The lowest BCUT2D eigenvalue weighted by Gasteiger charge is -2.10. The van der Waals surface area contributed by atoms with E-state index in [4.69, 9.17) is 5.26 Å². The largest absolute Gasteiger partial charge is 0.309 e. The Balaban J connectivity index is 2.00. The third-order valence-corrected chi connectivity index (χ3v) is 3.61. The average molecular weight is 282 g/mol. The lowest BCUT2D eigenvalue weighted by molar-refractivity contribution is 0.606. The SMILES string of the molecule is Cc1cc(C#N)ccc1CNCc1cc(C)c(F)c(C)c1. The second-order valence-corrected chi connectivity index (χ2v) is 5.40. The molecular weight excluding hydrogens is 263 g/mol. The summed E-state index contributed by atoms with van der Waals surface area (Å²) in [4.78, 5) is 0. The Morgan fingerprint density at radius 2 is 1.67 bits per heavy atom. The van der Waals surface area contributed by atoms with Gasteiger partial charge < -0.3 is 5.32 Å². The number of rotatable bonds is 4. The van der Waals surface area contributed by atoms with E-state index in [-0.39, 0.29) is 5.82 Å². The van der Waals surface area contributed by atoms with Gasteiger partial charge in [0.15, 0.2) is 0 Å². The van der Waals surface area contributed by atoms with E-state index in [9.17, 15) is 4.39 Å². The lowest BCUT2D eigenvalue weighted by Crippen LogP contribution is -2.14. The second-order valence-electron chi connectivity index (χ2n) is 5.40. The lowest BCUT2D eigenvalue weighted by atomic mass is 10.0. The molecule has 0 saturated heterocycles. The molecule has 0 fully saturated rings. The molecule has 108 valence electrons. The molecule has 0 heterocycles. The summed E-state index contributed by atoms with van der Waals surface area (Å²) in [7, 11) is 0. The first kappa shape index (κ1) is 15.2. The van der Waals surface area contributed by atoms with Crippen LogP contribution in [0.5, 0.6) is 0 Å². The molecule has 0 aliphatic carbocycles. The average Bonchev–Trinajstić information content (AvgIpc) is 2.46. The second kappa shape index (κ2) is 6.51.